The van der Waals surface area contributed by atoms with E-state index in [1.165, 1.54) is 0 Å². The molecule has 0 radical (unpaired) electrons. The Labute approximate surface area is 120 Å². The van der Waals surface area contributed by atoms with E-state index in [1.807, 2.05) is 0 Å². The molecule has 1 aromatic rings. The molecule has 0 atom stereocenters. The van der Waals surface area contributed by atoms with Gasteiger partial charge in [0.25, 0.3) is 0 Å². The molecule has 5 heteroatoms. The van der Waals surface area contributed by atoms with Gasteiger partial charge in [-0.15, -0.1) is 0 Å². The van der Waals surface area contributed by atoms with Crippen molar-refractivity contribution in [1.29, 1.82) is 0 Å². The molecular weight excluding hydrogens is 258 g/mol. The highest BCUT2D eigenvalue weighted by Crippen LogP contribution is 2.28. The van der Waals surface area contributed by atoms with Crippen LogP contribution in [0.25, 0.3) is 0 Å². The summed E-state index contributed by atoms with van der Waals surface area (Å²) in [6.07, 6.45) is 0.321. The van der Waals surface area contributed by atoms with Gasteiger partial charge in [0, 0.05) is 12.7 Å². The van der Waals surface area contributed by atoms with E-state index in [2.05, 4.69) is 19.2 Å². The normalized spacial score (nSPS) is 10.4. The number of rotatable bonds is 8. The van der Waals surface area contributed by atoms with Crippen molar-refractivity contribution < 1.29 is 19.0 Å². The monoisotopic (exact) mass is 281 g/mol. The lowest BCUT2D eigenvalue weighted by Gasteiger charge is -2.12. The van der Waals surface area contributed by atoms with Crippen LogP contribution in [-0.4, -0.2) is 33.3 Å². The molecule has 0 aromatic heterocycles. The van der Waals surface area contributed by atoms with Gasteiger partial charge in [0.1, 0.15) is 11.5 Å². The average molecular weight is 281 g/mol. The van der Waals surface area contributed by atoms with Crippen molar-refractivity contribution in [2.45, 2.75) is 20.3 Å². The minimum Gasteiger partial charge on any atom is -0.497 e. The fourth-order valence-electron chi connectivity index (χ4n) is 1.60. The van der Waals surface area contributed by atoms with Gasteiger partial charge in [0.05, 0.1) is 32.9 Å². The zero-order valence-corrected chi connectivity index (χ0v) is 12.6. The van der Waals surface area contributed by atoms with Crippen LogP contribution >= 0.6 is 0 Å². The Morgan fingerprint density at radius 1 is 1.25 bits per heavy atom. The van der Waals surface area contributed by atoms with E-state index in [9.17, 15) is 4.79 Å². The third-order valence-corrected chi connectivity index (χ3v) is 2.61. The summed E-state index contributed by atoms with van der Waals surface area (Å²) in [5.74, 6) is 1.62. The van der Waals surface area contributed by atoms with Crippen LogP contribution in [0.1, 0.15) is 20.3 Å². The Bertz CT molecular complexity index is 432. The fourth-order valence-corrected chi connectivity index (χ4v) is 1.60. The van der Waals surface area contributed by atoms with Gasteiger partial charge in [-0.25, -0.2) is 0 Å². The topological polar surface area (TPSA) is 56.8 Å². The first-order valence-corrected chi connectivity index (χ1v) is 6.66. The third kappa shape index (κ3) is 5.48. The second-order valence-electron chi connectivity index (χ2n) is 4.83. The molecular formula is C15H23NO4. The number of hydrogen-bond acceptors (Lipinski definition) is 4. The van der Waals surface area contributed by atoms with Gasteiger partial charge in [0.2, 0.25) is 5.91 Å². The van der Waals surface area contributed by atoms with Crippen molar-refractivity contribution in [3.05, 3.63) is 18.2 Å². The van der Waals surface area contributed by atoms with Crippen molar-refractivity contribution in [2.24, 2.45) is 5.92 Å². The number of ether oxygens (including phenoxy) is 3. The standard InChI is InChI=1S/C15H23NO4/c1-11(2)10-20-8-7-15(17)16-13-6-5-12(18-3)9-14(13)19-4/h5-6,9,11H,7-8,10H2,1-4H3,(H,16,17). The highest BCUT2D eigenvalue weighted by molar-refractivity contribution is 5.92. The maximum atomic E-state index is 11.8. The first kappa shape index (κ1) is 16.3. The smallest absolute Gasteiger partial charge is 0.226 e. The van der Waals surface area contributed by atoms with Gasteiger partial charge < -0.3 is 19.5 Å². The van der Waals surface area contributed by atoms with Crippen molar-refractivity contribution in [2.75, 3.05) is 32.8 Å². The van der Waals surface area contributed by atoms with Crippen LogP contribution in [-0.2, 0) is 9.53 Å². The average Bonchev–Trinajstić information content (AvgIpc) is 2.43. The number of carbonyl (C=O) groups excluding carboxylic acids is 1. The molecule has 1 amide bonds. The van der Waals surface area contributed by atoms with Gasteiger partial charge in [-0.05, 0) is 18.1 Å². The zero-order chi connectivity index (χ0) is 15.0. The fraction of sp³-hybridized carbons (Fsp3) is 0.533. The summed E-state index contributed by atoms with van der Waals surface area (Å²) in [6.45, 7) is 5.23. The molecule has 0 aliphatic carbocycles. The lowest BCUT2D eigenvalue weighted by atomic mass is 10.2. The number of amides is 1. The lowest BCUT2D eigenvalue weighted by Crippen LogP contribution is -2.15. The van der Waals surface area contributed by atoms with Crippen molar-refractivity contribution in [1.82, 2.24) is 0 Å². The van der Waals surface area contributed by atoms with Crippen LogP contribution in [0.15, 0.2) is 18.2 Å². The SMILES string of the molecule is COc1ccc(NC(=O)CCOCC(C)C)c(OC)c1. The van der Waals surface area contributed by atoms with Gasteiger partial charge in [-0.2, -0.15) is 0 Å². The molecule has 0 unspecified atom stereocenters. The Morgan fingerprint density at radius 3 is 2.60 bits per heavy atom. The van der Waals surface area contributed by atoms with E-state index >= 15 is 0 Å². The van der Waals surface area contributed by atoms with E-state index in [1.54, 1.807) is 32.4 Å². The minimum absolute atomic E-state index is 0.0998. The van der Waals surface area contributed by atoms with Crippen molar-refractivity contribution in [3.63, 3.8) is 0 Å². The second kappa shape index (κ2) is 8.43. The van der Waals surface area contributed by atoms with Gasteiger partial charge >= 0.3 is 0 Å². The molecule has 1 N–H and O–H groups in total. The Kier molecular flexibility index (Phi) is 6.87. The Morgan fingerprint density at radius 2 is 2.00 bits per heavy atom. The first-order chi connectivity index (χ1) is 9.56. The molecule has 0 saturated heterocycles. The predicted octanol–water partition coefficient (Wildman–Crippen LogP) is 2.71. The maximum Gasteiger partial charge on any atom is 0.226 e. The zero-order valence-electron chi connectivity index (χ0n) is 12.6. The molecule has 0 heterocycles. The van der Waals surface area contributed by atoms with Crippen LogP contribution in [0.3, 0.4) is 0 Å². The number of benzene rings is 1. The molecule has 20 heavy (non-hydrogen) atoms. The summed E-state index contributed by atoms with van der Waals surface area (Å²) in [5.41, 5.74) is 0.627. The predicted molar refractivity (Wildman–Crippen MR) is 78.4 cm³/mol. The quantitative estimate of drug-likeness (QED) is 0.744. The highest BCUT2D eigenvalue weighted by Gasteiger charge is 2.09. The molecule has 0 saturated carbocycles. The van der Waals surface area contributed by atoms with Crippen molar-refractivity contribution in [3.8, 4) is 11.5 Å². The lowest BCUT2D eigenvalue weighted by molar-refractivity contribution is -0.117. The molecule has 0 fully saturated rings. The number of carbonyl (C=O) groups is 1. The van der Waals surface area contributed by atoms with E-state index < -0.39 is 0 Å². The molecule has 1 aromatic carbocycles. The van der Waals surface area contributed by atoms with Crippen LogP contribution in [0.4, 0.5) is 5.69 Å². The summed E-state index contributed by atoms with van der Waals surface area (Å²) in [7, 11) is 3.13. The van der Waals surface area contributed by atoms with Crippen LogP contribution < -0.4 is 14.8 Å². The van der Waals surface area contributed by atoms with E-state index in [4.69, 9.17) is 14.2 Å². The minimum atomic E-state index is -0.0998. The second-order valence-corrected chi connectivity index (χ2v) is 4.83. The van der Waals surface area contributed by atoms with Crippen LogP contribution in [0, 0.1) is 5.92 Å². The van der Waals surface area contributed by atoms with Gasteiger partial charge in [-0.3, -0.25) is 4.79 Å². The largest absolute Gasteiger partial charge is 0.497 e. The maximum absolute atomic E-state index is 11.8. The molecule has 0 aliphatic rings. The van der Waals surface area contributed by atoms with Gasteiger partial charge in [-0.1, -0.05) is 13.8 Å². The first-order valence-electron chi connectivity index (χ1n) is 6.66. The number of methoxy groups -OCH3 is 2. The Balaban J connectivity index is 2.49. The van der Waals surface area contributed by atoms with Gasteiger partial charge in [0.15, 0.2) is 0 Å². The van der Waals surface area contributed by atoms with E-state index in [0.29, 0.717) is 42.7 Å². The number of nitrogens with one attached hydrogen (secondary N) is 1. The summed E-state index contributed by atoms with van der Waals surface area (Å²) >= 11 is 0. The molecule has 0 spiro atoms. The third-order valence-electron chi connectivity index (χ3n) is 2.61. The Hall–Kier alpha value is -1.75. The summed E-state index contributed by atoms with van der Waals surface area (Å²) < 4.78 is 15.7. The number of hydrogen-bond donors (Lipinski definition) is 1. The summed E-state index contributed by atoms with van der Waals surface area (Å²) in [6, 6.07) is 5.25. The summed E-state index contributed by atoms with van der Waals surface area (Å²) in [5, 5.41) is 2.80. The summed E-state index contributed by atoms with van der Waals surface area (Å²) in [4.78, 5) is 11.8. The molecule has 0 bridgehead atoms. The van der Waals surface area contributed by atoms with E-state index in [0.717, 1.165) is 0 Å². The van der Waals surface area contributed by atoms with Crippen LogP contribution in [0.2, 0.25) is 0 Å². The van der Waals surface area contributed by atoms with Crippen molar-refractivity contribution >= 4 is 11.6 Å². The highest BCUT2D eigenvalue weighted by atomic mass is 16.5. The molecule has 112 valence electrons. The van der Waals surface area contributed by atoms with E-state index in [-0.39, 0.29) is 5.91 Å². The van der Waals surface area contributed by atoms with Crippen LogP contribution in [0.5, 0.6) is 11.5 Å². The molecule has 1 rings (SSSR count). The molecule has 0 aliphatic heterocycles. The number of anilines is 1. The molecule has 5 nitrogen and oxygen atoms in total.